The second kappa shape index (κ2) is 7.12. The van der Waals surface area contributed by atoms with Crippen molar-refractivity contribution in [2.75, 3.05) is 0 Å². The van der Waals surface area contributed by atoms with E-state index < -0.39 is 0 Å². The fourth-order valence-electron chi connectivity index (χ4n) is 0.889. The van der Waals surface area contributed by atoms with Crippen LogP contribution in [0.1, 0.15) is 32.8 Å². The number of nitrogens with zero attached hydrogens (tertiary/aromatic N) is 2. The Hall–Kier alpha value is -1.32. The number of nitrogens with one attached hydrogen (secondary N) is 1. The van der Waals surface area contributed by atoms with Crippen LogP contribution in [-0.4, -0.2) is 15.7 Å². The monoisotopic (exact) mass is 197 g/mol. The molecule has 1 amide bonds. The summed E-state index contributed by atoms with van der Waals surface area (Å²) >= 11 is 0. The van der Waals surface area contributed by atoms with Gasteiger partial charge in [-0.25, -0.2) is 0 Å². The highest BCUT2D eigenvalue weighted by molar-refractivity contribution is 5.75. The van der Waals surface area contributed by atoms with Gasteiger partial charge in [0.15, 0.2) is 0 Å². The predicted molar refractivity (Wildman–Crippen MR) is 56.7 cm³/mol. The largest absolute Gasteiger partial charge is 0.352 e. The maximum atomic E-state index is 10.9. The Morgan fingerprint density at radius 1 is 1.57 bits per heavy atom. The third-order valence-electron chi connectivity index (χ3n) is 1.57. The maximum Gasteiger partial charge on any atom is 0.219 e. The Labute approximate surface area is 85.3 Å². The van der Waals surface area contributed by atoms with Crippen molar-refractivity contribution < 1.29 is 4.79 Å². The molecular formula is C10H19N3O. The summed E-state index contributed by atoms with van der Waals surface area (Å²) < 4.78 is 1.72. The molecule has 4 heteroatoms. The molecule has 0 atom stereocenters. The number of rotatable bonds is 3. The summed E-state index contributed by atoms with van der Waals surface area (Å²) in [5.74, 6) is 0.0684. The Bertz CT molecular complexity index is 268. The van der Waals surface area contributed by atoms with Crippen molar-refractivity contribution in [3.8, 4) is 0 Å². The van der Waals surface area contributed by atoms with E-state index in [-0.39, 0.29) is 5.91 Å². The molecule has 0 spiro atoms. The van der Waals surface area contributed by atoms with Gasteiger partial charge in [0.25, 0.3) is 0 Å². The van der Waals surface area contributed by atoms with Crippen molar-refractivity contribution in [2.24, 2.45) is 7.05 Å². The van der Waals surface area contributed by atoms with Gasteiger partial charge in [0, 0.05) is 31.8 Å². The average Bonchev–Trinajstić information content (AvgIpc) is 2.64. The molecule has 0 fully saturated rings. The van der Waals surface area contributed by atoms with Crippen LogP contribution >= 0.6 is 0 Å². The van der Waals surface area contributed by atoms with E-state index in [4.69, 9.17) is 0 Å². The van der Waals surface area contributed by atoms with Crippen molar-refractivity contribution in [3.05, 3.63) is 18.0 Å². The minimum absolute atomic E-state index is 0.0684. The molecule has 80 valence electrons. The van der Waals surface area contributed by atoms with Gasteiger partial charge in [-0.3, -0.25) is 9.48 Å². The van der Waals surface area contributed by atoms with Gasteiger partial charge in [-0.2, -0.15) is 5.10 Å². The smallest absolute Gasteiger partial charge is 0.219 e. The SMILES string of the molecule is CC.CCC(=O)NCc1cnn(C)c1. The van der Waals surface area contributed by atoms with Crippen molar-refractivity contribution in [1.29, 1.82) is 0 Å². The van der Waals surface area contributed by atoms with E-state index in [2.05, 4.69) is 10.4 Å². The number of hydrogen-bond donors (Lipinski definition) is 1. The molecule has 0 aliphatic heterocycles. The first-order valence-corrected chi connectivity index (χ1v) is 4.96. The molecule has 0 saturated carbocycles. The molecule has 1 aromatic rings. The van der Waals surface area contributed by atoms with E-state index >= 15 is 0 Å². The first-order valence-electron chi connectivity index (χ1n) is 4.96. The molecule has 1 N–H and O–H groups in total. The maximum absolute atomic E-state index is 10.9. The van der Waals surface area contributed by atoms with Crippen molar-refractivity contribution in [1.82, 2.24) is 15.1 Å². The molecule has 14 heavy (non-hydrogen) atoms. The molecule has 0 unspecified atom stereocenters. The highest BCUT2D eigenvalue weighted by Crippen LogP contribution is 1.94. The van der Waals surface area contributed by atoms with Crippen LogP contribution in [0.3, 0.4) is 0 Å². The number of aryl methyl sites for hydroxylation is 1. The summed E-state index contributed by atoms with van der Waals surface area (Å²) in [6.07, 6.45) is 4.16. The summed E-state index contributed by atoms with van der Waals surface area (Å²) in [6, 6.07) is 0. The lowest BCUT2D eigenvalue weighted by molar-refractivity contribution is -0.120. The van der Waals surface area contributed by atoms with Gasteiger partial charge in [-0.1, -0.05) is 20.8 Å². The van der Waals surface area contributed by atoms with Gasteiger partial charge in [-0.15, -0.1) is 0 Å². The second-order valence-electron chi connectivity index (χ2n) is 2.65. The predicted octanol–water partition coefficient (Wildman–Crippen LogP) is 1.47. The van der Waals surface area contributed by atoms with Crippen molar-refractivity contribution in [3.63, 3.8) is 0 Å². The van der Waals surface area contributed by atoms with Gasteiger partial charge < -0.3 is 5.32 Å². The summed E-state index contributed by atoms with van der Waals surface area (Å²) in [4.78, 5) is 10.9. The van der Waals surface area contributed by atoms with E-state index in [1.807, 2.05) is 34.0 Å². The molecular weight excluding hydrogens is 178 g/mol. The van der Waals surface area contributed by atoms with Crippen molar-refractivity contribution >= 4 is 5.91 Å². The Morgan fingerprint density at radius 2 is 2.21 bits per heavy atom. The quantitative estimate of drug-likeness (QED) is 0.797. The first-order chi connectivity index (χ1) is 6.72. The highest BCUT2D eigenvalue weighted by Gasteiger charge is 1.98. The minimum Gasteiger partial charge on any atom is -0.352 e. The van der Waals surface area contributed by atoms with Gasteiger partial charge in [-0.05, 0) is 0 Å². The van der Waals surface area contributed by atoms with Crippen LogP contribution in [0.25, 0.3) is 0 Å². The van der Waals surface area contributed by atoms with Crippen LogP contribution in [0.2, 0.25) is 0 Å². The van der Waals surface area contributed by atoms with Gasteiger partial charge in [0.05, 0.1) is 6.20 Å². The fraction of sp³-hybridized carbons (Fsp3) is 0.600. The zero-order valence-electron chi connectivity index (χ0n) is 9.37. The number of aromatic nitrogens is 2. The highest BCUT2D eigenvalue weighted by atomic mass is 16.1. The van der Waals surface area contributed by atoms with E-state index in [1.54, 1.807) is 10.9 Å². The Morgan fingerprint density at radius 3 is 2.64 bits per heavy atom. The Kier molecular flexibility index (Phi) is 6.45. The van der Waals surface area contributed by atoms with Crippen LogP contribution in [0.4, 0.5) is 0 Å². The third-order valence-corrected chi connectivity index (χ3v) is 1.57. The second-order valence-corrected chi connectivity index (χ2v) is 2.65. The molecule has 1 heterocycles. The minimum atomic E-state index is 0.0684. The van der Waals surface area contributed by atoms with Crippen LogP contribution in [0, 0.1) is 0 Å². The standard InChI is InChI=1S/C8H13N3O.C2H6/c1-3-8(12)9-4-7-5-10-11(2)6-7;1-2/h5-6H,3-4H2,1-2H3,(H,9,12);1-2H3. The lowest BCUT2D eigenvalue weighted by Crippen LogP contribution is -2.21. The third kappa shape index (κ3) is 4.64. The van der Waals surface area contributed by atoms with Crippen LogP contribution in [0.15, 0.2) is 12.4 Å². The first kappa shape index (κ1) is 12.7. The topological polar surface area (TPSA) is 46.9 Å². The van der Waals surface area contributed by atoms with E-state index in [0.717, 1.165) is 5.56 Å². The van der Waals surface area contributed by atoms with E-state index in [1.165, 1.54) is 0 Å². The average molecular weight is 197 g/mol. The number of amides is 1. The molecule has 1 rings (SSSR count). The van der Waals surface area contributed by atoms with Crippen LogP contribution in [-0.2, 0) is 18.4 Å². The molecule has 0 aliphatic rings. The molecule has 0 bridgehead atoms. The number of hydrogen-bond acceptors (Lipinski definition) is 2. The summed E-state index contributed by atoms with van der Waals surface area (Å²) in [7, 11) is 1.85. The lowest BCUT2D eigenvalue weighted by atomic mass is 10.3. The summed E-state index contributed by atoms with van der Waals surface area (Å²) in [6.45, 7) is 6.40. The van der Waals surface area contributed by atoms with Crippen LogP contribution < -0.4 is 5.32 Å². The van der Waals surface area contributed by atoms with Gasteiger partial charge >= 0.3 is 0 Å². The molecule has 0 saturated heterocycles. The molecule has 0 aromatic carbocycles. The van der Waals surface area contributed by atoms with E-state index in [0.29, 0.717) is 13.0 Å². The van der Waals surface area contributed by atoms with Crippen LogP contribution in [0.5, 0.6) is 0 Å². The Balaban J connectivity index is 0.000000791. The molecule has 0 aliphatic carbocycles. The zero-order chi connectivity index (χ0) is 11.0. The lowest BCUT2D eigenvalue weighted by Gasteiger charge is -1.98. The number of carbonyl (C=O) groups is 1. The molecule has 0 radical (unpaired) electrons. The molecule has 1 aromatic heterocycles. The van der Waals surface area contributed by atoms with Crippen molar-refractivity contribution in [2.45, 2.75) is 33.7 Å². The molecule has 4 nitrogen and oxygen atoms in total. The van der Waals surface area contributed by atoms with E-state index in [9.17, 15) is 4.79 Å². The summed E-state index contributed by atoms with van der Waals surface area (Å²) in [5, 5.41) is 6.76. The van der Waals surface area contributed by atoms with Gasteiger partial charge in [0.2, 0.25) is 5.91 Å². The normalized spacial score (nSPS) is 8.86. The summed E-state index contributed by atoms with van der Waals surface area (Å²) in [5.41, 5.74) is 1.03. The zero-order valence-corrected chi connectivity index (χ0v) is 9.37. The fourth-order valence-corrected chi connectivity index (χ4v) is 0.889. The number of carbonyl (C=O) groups excluding carboxylic acids is 1. The van der Waals surface area contributed by atoms with Gasteiger partial charge in [0.1, 0.15) is 0 Å².